The van der Waals surface area contributed by atoms with E-state index in [1.807, 2.05) is 6.92 Å². The molecule has 0 unspecified atom stereocenters. The van der Waals surface area contributed by atoms with Crippen LogP contribution in [-0.4, -0.2) is 32.8 Å². The lowest BCUT2D eigenvalue weighted by atomic mass is 10.2. The lowest BCUT2D eigenvalue weighted by Crippen LogP contribution is -2.16. The van der Waals surface area contributed by atoms with Crippen LogP contribution in [-0.2, 0) is 9.84 Å². The van der Waals surface area contributed by atoms with Crippen LogP contribution in [0, 0.1) is 0 Å². The molecule has 6 heteroatoms. The summed E-state index contributed by atoms with van der Waals surface area (Å²) in [5.41, 5.74) is 0.476. The van der Waals surface area contributed by atoms with E-state index in [0.29, 0.717) is 28.5 Å². The average Bonchev–Trinajstić information content (AvgIpc) is 2.31. The number of hydrogen-bond acceptors (Lipinski definition) is 4. The highest BCUT2D eigenvalue weighted by Gasteiger charge is 2.09. The predicted molar refractivity (Wildman–Crippen MR) is 74.0 cm³/mol. The van der Waals surface area contributed by atoms with Crippen LogP contribution in [0.5, 0.6) is 5.75 Å². The monoisotopic (exact) mass is 334 g/mol. The molecule has 0 radical (unpaired) electrons. The lowest BCUT2D eigenvalue weighted by Gasteiger charge is -2.07. The van der Waals surface area contributed by atoms with Gasteiger partial charge in [0.2, 0.25) is 0 Å². The summed E-state index contributed by atoms with van der Waals surface area (Å²) in [7, 11) is -3.03. The maximum absolute atomic E-state index is 11.5. The van der Waals surface area contributed by atoms with Crippen molar-refractivity contribution >= 4 is 32.1 Å². The van der Waals surface area contributed by atoms with E-state index >= 15 is 0 Å². The highest BCUT2D eigenvalue weighted by Crippen LogP contribution is 2.21. The summed E-state index contributed by atoms with van der Waals surface area (Å²) < 4.78 is 28.9. The summed E-state index contributed by atoms with van der Waals surface area (Å²) in [5.74, 6) is 0.663. The van der Waals surface area contributed by atoms with Crippen molar-refractivity contribution in [2.45, 2.75) is 13.3 Å². The molecule has 0 aliphatic carbocycles. The molecule has 0 fully saturated rings. The maximum Gasteiger partial charge on any atom is 0.153 e. The molecule has 0 aliphatic rings. The molecule has 0 heterocycles. The topological polar surface area (TPSA) is 60.4 Å². The third-order valence-electron chi connectivity index (χ3n) is 2.27. The Bertz CT molecular complexity index is 511. The first-order chi connectivity index (χ1) is 8.48. The SMILES string of the molecule is CCCS(=O)(=O)CCOc1ccc(Br)c(C=O)c1. The van der Waals surface area contributed by atoms with Crippen LogP contribution in [0.4, 0.5) is 0 Å². The van der Waals surface area contributed by atoms with Crippen LogP contribution in [0.25, 0.3) is 0 Å². The molecule has 0 atom stereocenters. The first-order valence-corrected chi connectivity index (χ1v) is 8.18. The maximum atomic E-state index is 11.5. The first kappa shape index (κ1) is 15.2. The Morgan fingerprint density at radius 1 is 1.33 bits per heavy atom. The van der Waals surface area contributed by atoms with Crippen LogP contribution in [0.15, 0.2) is 22.7 Å². The first-order valence-electron chi connectivity index (χ1n) is 5.56. The minimum atomic E-state index is -3.03. The Morgan fingerprint density at radius 3 is 2.67 bits per heavy atom. The fraction of sp³-hybridized carbons (Fsp3) is 0.417. The summed E-state index contributed by atoms with van der Waals surface area (Å²) in [5, 5.41) is 0. The molecule has 0 N–H and O–H groups in total. The van der Waals surface area contributed by atoms with Crippen molar-refractivity contribution in [2.24, 2.45) is 0 Å². The second-order valence-electron chi connectivity index (χ2n) is 3.80. The van der Waals surface area contributed by atoms with Gasteiger partial charge < -0.3 is 4.74 Å². The standard InChI is InChI=1S/C12H15BrO4S/c1-2-6-18(15,16)7-5-17-11-3-4-12(13)10(8-11)9-14/h3-4,8-9H,2,5-7H2,1H3. The molecule has 0 aromatic heterocycles. The van der Waals surface area contributed by atoms with Gasteiger partial charge in [0.15, 0.2) is 16.1 Å². The molecule has 0 aliphatic heterocycles. The summed E-state index contributed by atoms with van der Waals surface area (Å²) in [6, 6.07) is 4.95. The summed E-state index contributed by atoms with van der Waals surface area (Å²) >= 11 is 3.23. The van der Waals surface area contributed by atoms with E-state index in [1.54, 1.807) is 18.2 Å². The van der Waals surface area contributed by atoms with Gasteiger partial charge in [0.25, 0.3) is 0 Å². The quantitative estimate of drug-likeness (QED) is 0.718. The number of carbonyl (C=O) groups is 1. The summed E-state index contributed by atoms with van der Waals surface area (Å²) in [6.07, 6.45) is 1.32. The fourth-order valence-corrected chi connectivity index (χ4v) is 2.90. The van der Waals surface area contributed by atoms with Gasteiger partial charge in [0.05, 0.1) is 11.5 Å². The highest BCUT2D eigenvalue weighted by atomic mass is 79.9. The smallest absolute Gasteiger partial charge is 0.153 e. The molecule has 1 rings (SSSR count). The van der Waals surface area contributed by atoms with Gasteiger partial charge in [-0.3, -0.25) is 4.79 Å². The summed E-state index contributed by atoms with van der Waals surface area (Å²) in [4.78, 5) is 10.7. The Hall–Kier alpha value is -0.880. The van der Waals surface area contributed by atoms with E-state index in [-0.39, 0.29) is 18.1 Å². The minimum Gasteiger partial charge on any atom is -0.493 e. The van der Waals surface area contributed by atoms with Crippen LogP contribution in [0.3, 0.4) is 0 Å². The number of carbonyl (C=O) groups excluding carboxylic acids is 1. The van der Waals surface area contributed by atoms with Gasteiger partial charge >= 0.3 is 0 Å². The Balaban J connectivity index is 2.57. The predicted octanol–water partition coefficient (Wildman–Crippen LogP) is 2.47. The highest BCUT2D eigenvalue weighted by molar-refractivity contribution is 9.10. The number of ether oxygens (including phenoxy) is 1. The zero-order valence-corrected chi connectivity index (χ0v) is 12.5. The normalized spacial score (nSPS) is 11.2. The van der Waals surface area contributed by atoms with Crippen LogP contribution < -0.4 is 4.74 Å². The number of sulfone groups is 1. The summed E-state index contributed by atoms with van der Waals surface area (Å²) in [6.45, 7) is 1.92. The van der Waals surface area contributed by atoms with Crippen molar-refractivity contribution in [3.8, 4) is 5.75 Å². The average molecular weight is 335 g/mol. The molecule has 0 amide bonds. The number of hydrogen-bond donors (Lipinski definition) is 0. The van der Waals surface area contributed by atoms with Crippen molar-refractivity contribution < 1.29 is 17.9 Å². The van der Waals surface area contributed by atoms with Gasteiger partial charge in [-0.1, -0.05) is 22.9 Å². The molecule has 100 valence electrons. The van der Waals surface area contributed by atoms with E-state index in [2.05, 4.69) is 15.9 Å². The van der Waals surface area contributed by atoms with E-state index in [1.165, 1.54) is 0 Å². The van der Waals surface area contributed by atoms with Gasteiger partial charge in [-0.2, -0.15) is 0 Å². The molecule has 1 aromatic rings. The Morgan fingerprint density at radius 2 is 2.06 bits per heavy atom. The van der Waals surface area contributed by atoms with Crippen LogP contribution in [0.2, 0.25) is 0 Å². The third-order valence-corrected chi connectivity index (χ3v) is 4.81. The molecule has 0 saturated carbocycles. The molecule has 0 spiro atoms. The minimum absolute atomic E-state index is 0.00662. The van der Waals surface area contributed by atoms with E-state index in [9.17, 15) is 13.2 Å². The second-order valence-corrected chi connectivity index (χ2v) is 6.96. The molecular formula is C12H15BrO4S. The molecule has 18 heavy (non-hydrogen) atoms. The molecule has 0 saturated heterocycles. The molecule has 0 bridgehead atoms. The van der Waals surface area contributed by atoms with Crippen molar-refractivity contribution in [1.82, 2.24) is 0 Å². The van der Waals surface area contributed by atoms with Gasteiger partial charge in [-0.25, -0.2) is 8.42 Å². The number of aldehydes is 1. The lowest BCUT2D eigenvalue weighted by molar-refractivity contribution is 0.112. The zero-order chi connectivity index (χ0) is 13.6. The molecular weight excluding hydrogens is 320 g/mol. The number of rotatable bonds is 7. The second kappa shape index (κ2) is 6.89. The Kier molecular flexibility index (Phi) is 5.81. The molecule has 4 nitrogen and oxygen atoms in total. The third kappa shape index (κ3) is 4.78. The van der Waals surface area contributed by atoms with Gasteiger partial charge in [0.1, 0.15) is 12.4 Å². The van der Waals surface area contributed by atoms with Gasteiger partial charge in [-0.05, 0) is 24.6 Å². The van der Waals surface area contributed by atoms with Gasteiger partial charge in [0, 0.05) is 10.0 Å². The van der Waals surface area contributed by atoms with Crippen molar-refractivity contribution in [1.29, 1.82) is 0 Å². The largest absolute Gasteiger partial charge is 0.493 e. The van der Waals surface area contributed by atoms with Crippen molar-refractivity contribution in [3.63, 3.8) is 0 Å². The fourth-order valence-electron chi connectivity index (χ4n) is 1.40. The zero-order valence-electron chi connectivity index (χ0n) is 10.1. The van der Waals surface area contributed by atoms with E-state index < -0.39 is 9.84 Å². The van der Waals surface area contributed by atoms with Crippen LogP contribution >= 0.6 is 15.9 Å². The van der Waals surface area contributed by atoms with Crippen molar-refractivity contribution in [2.75, 3.05) is 18.1 Å². The number of halogens is 1. The van der Waals surface area contributed by atoms with Crippen molar-refractivity contribution in [3.05, 3.63) is 28.2 Å². The molecule has 1 aromatic carbocycles. The van der Waals surface area contributed by atoms with E-state index in [4.69, 9.17) is 4.74 Å². The van der Waals surface area contributed by atoms with E-state index in [0.717, 1.165) is 0 Å². The Labute approximate surface area is 115 Å². The van der Waals surface area contributed by atoms with Crippen LogP contribution in [0.1, 0.15) is 23.7 Å². The van der Waals surface area contributed by atoms with Gasteiger partial charge in [-0.15, -0.1) is 0 Å². The number of benzene rings is 1.